The Morgan fingerprint density at radius 1 is 1.04 bits per heavy atom. The van der Waals surface area contributed by atoms with E-state index in [1.165, 1.54) is 12.8 Å². The Bertz CT molecular complexity index is 581. The molecule has 1 aromatic rings. The molecule has 1 aliphatic carbocycles. The van der Waals surface area contributed by atoms with Crippen LogP contribution in [0.4, 0.5) is 5.69 Å². The highest BCUT2D eigenvalue weighted by Gasteiger charge is 2.38. The van der Waals surface area contributed by atoms with E-state index in [1.807, 2.05) is 13.8 Å². The second-order valence-electron chi connectivity index (χ2n) is 7.66. The first-order valence-corrected chi connectivity index (χ1v) is 8.31. The normalized spacial score (nSPS) is 16.3. The second kappa shape index (κ2) is 6.34. The zero-order valence-corrected chi connectivity index (χ0v) is 14.5. The Kier molecular flexibility index (Phi) is 4.83. The van der Waals surface area contributed by atoms with Gasteiger partial charge in [0.05, 0.1) is 5.41 Å². The topological polar surface area (TPSA) is 66.4 Å². The standard InChI is InChI=1S/C19H27NO3/c1-18(2,13-7-5-6-8-13)16(21)20-15-11-9-14(10-12-15)19(3,4)17(22)23/h9-13H,5-8H2,1-4H3,(H,20,21)(H,22,23). The highest BCUT2D eigenvalue weighted by atomic mass is 16.4. The summed E-state index contributed by atoms with van der Waals surface area (Å²) in [5, 5.41) is 12.2. The first-order chi connectivity index (χ1) is 10.7. The van der Waals surface area contributed by atoms with E-state index in [1.54, 1.807) is 38.1 Å². The van der Waals surface area contributed by atoms with Crippen molar-refractivity contribution in [2.75, 3.05) is 5.32 Å². The lowest BCUT2D eigenvalue weighted by Crippen LogP contribution is -2.36. The van der Waals surface area contributed by atoms with Crippen LogP contribution in [0.3, 0.4) is 0 Å². The molecule has 0 spiro atoms. The summed E-state index contributed by atoms with van der Waals surface area (Å²) in [5.74, 6) is -0.390. The third kappa shape index (κ3) is 3.57. The van der Waals surface area contributed by atoms with Crippen molar-refractivity contribution < 1.29 is 14.7 Å². The molecule has 4 nitrogen and oxygen atoms in total. The fourth-order valence-electron chi connectivity index (χ4n) is 3.22. The molecule has 1 aliphatic rings. The Morgan fingerprint density at radius 2 is 1.57 bits per heavy atom. The lowest BCUT2D eigenvalue weighted by Gasteiger charge is -2.30. The Morgan fingerprint density at radius 3 is 2.04 bits per heavy atom. The molecule has 126 valence electrons. The first-order valence-electron chi connectivity index (χ1n) is 8.31. The van der Waals surface area contributed by atoms with E-state index in [2.05, 4.69) is 5.32 Å². The minimum atomic E-state index is -0.939. The summed E-state index contributed by atoms with van der Waals surface area (Å²) in [5.41, 5.74) is 0.116. The van der Waals surface area contributed by atoms with Crippen molar-refractivity contribution >= 4 is 17.6 Å². The predicted molar refractivity (Wildman–Crippen MR) is 91.5 cm³/mol. The Hall–Kier alpha value is -1.84. The van der Waals surface area contributed by atoms with Crippen LogP contribution in [0, 0.1) is 11.3 Å². The number of carboxylic acids is 1. The molecule has 0 aromatic heterocycles. The van der Waals surface area contributed by atoms with Crippen LogP contribution in [0.25, 0.3) is 0 Å². The molecule has 0 unspecified atom stereocenters. The smallest absolute Gasteiger partial charge is 0.313 e. The number of benzene rings is 1. The second-order valence-corrected chi connectivity index (χ2v) is 7.66. The van der Waals surface area contributed by atoms with Gasteiger partial charge in [-0.3, -0.25) is 9.59 Å². The van der Waals surface area contributed by atoms with Gasteiger partial charge in [0, 0.05) is 11.1 Å². The molecule has 2 rings (SSSR count). The number of carbonyl (C=O) groups excluding carboxylic acids is 1. The largest absolute Gasteiger partial charge is 0.481 e. The van der Waals surface area contributed by atoms with E-state index in [9.17, 15) is 14.7 Å². The number of rotatable bonds is 5. The van der Waals surface area contributed by atoms with E-state index in [0.717, 1.165) is 18.4 Å². The minimum Gasteiger partial charge on any atom is -0.481 e. The van der Waals surface area contributed by atoms with Crippen molar-refractivity contribution in [1.29, 1.82) is 0 Å². The van der Waals surface area contributed by atoms with Crippen LogP contribution in [0.1, 0.15) is 58.9 Å². The zero-order valence-electron chi connectivity index (χ0n) is 14.5. The van der Waals surface area contributed by atoms with Crippen molar-refractivity contribution in [3.63, 3.8) is 0 Å². The first kappa shape index (κ1) is 17.5. The van der Waals surface area contributed by atoms with Gasteiger partial charge in [0.25, 0.3) is 0 Å². The van der Waals surface area contributed by atoms with Gasteiger partial charge in [0.15, 0.2) is 0 Å². The molecular formula is C19H27NO3. The third-order valence-corrected chi connectivity index (χ3v) is 5.36. The van der Waals surface area contributed by atoms with Crippen LogP contribution < -0.4 is 5.32 Å². The fourth-order valence-corrected chi connectivity index (χ4v) is 3.22. The minimum absolute atomic E-state index is 0.0367. The number of hydrogen-bond acceptors (Lipinski definition) is 2. The number of aliphatic carboxylic acids is 1. The van der Waals surface area contributed by atoms with E-state index in [0.29, 0.717) is 11.6 Å². The SMILES string of the molecule is CC(C)(C(=O)O)c1ccc(NC(=O)C(C)(C)C2CCCC2)cc1. The van der Waals surface area contributed by atoms with E-state index < -0.39 is 11.4 Å². The van der Waals surface area contributed by atoms with Gasteiger partial charge in [-0.05, 0) is 50.3 Å². The number of carboxylic acid groups (broad SMARTS) is 1. The number of carbonyl (C=O) groups is 2. The highest BCUT2D eigenvalue weighted by molar-refractivity contribution is 5.95. The molecule has 0 radical (unpaired) electrons. The van der Waals surface area contributed by atoms with Gasteiger partial charge in [-0.1, -0.05) is 38.8 Å². The Balaban J connectivity index is 2.09. The summed E-state index contributed by atoms with van der Waals surface area (Å²) < 4.78 is 0. The molecule has 0 aliphatic heterocycles. The molecule has 0 saturated heterocycles. The summed E-state index contributed by atoms with van der Waals surface area (Å²) in [6, 6.07) is 7.10. The lowest BCUT2D eigenvalue weighted by molar-refractivity contribution is -0.142. The molecule has 1 fully saturated rings. The van der Waals surface area contributed by atoms with Crippen molar-refractivity contribution in [2.45, 2.75) is 58.8 Å². The average Bonchev–Trinajstić information content (AvgIpc) is 3.02. The van der Waals surface area contributed by atoms with Gasteiger partial charge >= 0.3 is 5.97 Å². The van der Waals surface area contributed by atoms with Gasteiger partial charge < -0.3 is 10.4 Å². The molecule has 1 aromatic carbocycles. The van der Waals surface area contributed by atoms with Crippen molar-refractivity contribution in [1.82, 2.24) is 0 Å². The lowest BCUT2D eigenvalue weighted by atomic mass is 9.77. The van der Waals surface area contributed by atoms with Crippen LogP contribution in [0.5, 0.6) is 0 Å². The molecule has 0 bridgehead atoms. The number of hydrogen-bond donors (Lipinski definition) is 2. The maximum atomic E-state index is 12.6. The number of amides is 1. The van der Waals surface area contributed by atoms with E-state index in [4.69, 9.17) is 0 Å². The molecular weight excluding hydrogens is 290 g/mol. The Labute approximate surface area is 138 Å². The summed E-state index contributed by atoms with van der Waals surface area (Å²) in [6.07, 6.45) is 4.65. The van der Waals surface area contributed by atoms with Gasteiger partial charge in [-0.15, -0.1) is 0 Å². The quantitative estimate of drug-likeness (QED) is 0.855. The summed E-state index contributed by atoms with van der Waals surface area (Å²) in [6.45, 7) is 7.37. The maximum absolute atomic E-state index is 12.6. The summed E-state index contributed by atoms with van der Waals surface area (Å²) >= 11 is 0. The highest BCUT2D eigenvalue weighted by Crippen LogP contribution is 2.40. The van der Waals surface area contributed by atoms with Crippen LogP contribution >= 0.6 is 0 Å². The molecule has 1 saturated carbocycles. The maximum Gasteiger partial charge on any atom is 0.313 e. The van der Waals surface area contributed by atoms with E-state index >= 15 is 0 Å². The summed E-state index contributed by atoms with van der Waals surface area (Å²) in [4.78, 5) is 23.9. The monoisotopic (exact) mass is 317 g/mol. The van der Waals surface area contributed by atoms with Crippen molar-refractivity contribution in [3.05, 3.63) is 29.8 Å². The number of nitrogens with one attached hydrogen (secondary N) is 1. The summed E-state index contributed by atoms with van der Waals surface area (Å²) in [7, 11) is 0. The van der Waals surface area contributed by atoms with Crippen LogP contribution in [-0.4, -0.2) is 17.0 Å². The molecule has 4 heteroatoms. The van der Waals surface area contributed by atoms with E-state index in [-0.39, 0.29) is 11.3 Å². The van der Waals surface area contributed by atoms with Gasteiger partial charge in [0.1, 0.15) is 0 Å². The third-order valence-electron chi connectivity index (χ3n) is 5.36. The predicted octanol–water partition coefficient (Wildman–Crippen LogP) is 4.20. The zero-order chi connectivity index (χ0) is 17.3. The van der Waals surface area contributed by atoms with Gasteiger partial charge in [-0.2, -0.15) is 0 Å². The molecule has 0 heterocycles. The van der Waals surface area contributed by atoms with Crippen LogP contribution in [0.2, 0.25) is 0 Å². The number of anilines is 1. The van der Waals surface area contributed by atoms with Gasteiger partial charge in [-0.25, -0.2) is 0 Å². The fraction of sp³-hybridized carbons (Fsp3) is 0.579. The molecule has 0 atom stereocenters. The molecule has 23 heavy (non-hydrogen) atoms. The van der Waals surface area contributed by atoms with Crippen molar-refractivity contribution in [3.8, 4) is 0 Å². The van der Waals surface area contributed by atoms with Crippen LogP contribution in [-0.2, 0) is 15.0 Å². The molecule has 2 N–H and O–H groups in total. The van der Waals surface area contributed by atoms with Gasteiger partial charge in [0.2, 0.25) is 5.91 Å². The molecule has 1 amide bonds. The van der Waals surface area contributed by atoms with Crippen molar-refractivity contribution in [2.24, 2.45) is 11.3 Å². The average molecular weight is 317 g/mol. The van der Waals surface area contributed by atoms with Crippen LogP contribution in [0.15, 0.2) is 24.3 Å².